The molecule has 1 aliphatic heterocycles. The molecule has 3 N–H and O–H groups in total. The number of likely N-dealkylation sites (tertiary alicyclic amines) is 1. The molecule has 2 unspecified atom stereocenters. The number of nitrogens with zero attached hydrogens (tertiary/aromatic N) is 1. The van der Waals surface area contributed by atoms with E-state index >= 15 is 0 Å². The molecule has 3 nitrogen and oxygen atoms in total. The van der Waals surface area contributed by atoms with E-state index in [0.717, 1.165) is 25.6 Å². The highest BCUT2D eigenvalue weighted by molar-refractivity contribution is 5.01. The first-order valence-electron chi connectivity index (χ1n) is 6.97. The zero-order valence-corrected chi connectivity index (χ0v) is 11.6. The predicted molar refractivity (Wildman–Crippen MR) is 70.7 cm³/mol. The van der Waals surface area contributed by atoms with Crippen LogP contribution in [0.3, 0.4) is 0 Å². The molecule has 0 amide bonds. The minimum absolute atomic E-state index is 0.133. The van der Waals surface area contributed by atoms with Crippen molar-refractivity contribution in [3.8, 4) is 0 Å². The van der Waals surface area contributed by atoms with Gasteiger partial charge in [0.15, 0.2) is 0 Å². The Morgan fingerprint density at radius 3 is 2.24 bits per heavy atom. The highest BCUT2D eigenvalue weighted by Crippen LogP contribution is 2.40. The van der Waals surface area contributed by atoms with Crippen LogP contribution in [0.2, 0.25) is 0 Å². The Kier molecular flexibility index (Phi) is 3.54. The van der Waals surface area contributed by atoms with Gasteiger partial charge in [-0.15, -0.1) is 0 Å². The molecule has 17 heavy (non-hydrogen) atoms. The first-order chi connectivity index (χ1) is 7.85. The number of aliphatic hydroxyl groups is 1. The van der Waals surface area contributed by atoms with Crippen LogP contribution in [0, 0.1) is 17.3 Å². The molecule has 0 bridgehead atoms. The smallest absolute Gasteiger partial charge is 0.0626 e. The van der Waals surface area contributed by atoms with E-state index in [4.69, 9.17) is 5.73 Å². The molecule has 2 rings (SSSR count). The second-order valence-electron chi connectivity index (χ2n) is 7.25. The normalized spacial score (nSPS) is 30.5. The topological polar surface area (TPSA) is 49.5 Å². The fourth-order valence-electron chi connectivity index (χ4n) is 3.07. The lowest BCUT2D eigenvalue weighted by Gasteiger charge is -2.33. The van der Waals surface area contributed by atoms with Crippen molar-refractivity contribution in [1.82, 2.24) is 4.90 Å². The summed E-state index contributed by atoms with van der Waals surface area (Å²) in [5.74, 6) is 1.32. The summed E-state index contributed by atoms with van der Waals surface area (Å²) >= 11 is 0. The van der Waals surface area contributed by atoms with Gasteiger partial charge >= 0.3 is 0 Å². The van der Waals surface area contributed by atoms with Crippen molar-refractivity contribution >= 4 is 0 Å². The van der Waals surface area contributed by atoms with Gasteiger partial charge in [0, 0.05) is 13.1 Å². The second-order valence-corrected chi connectivity index (χ2v) is 7.25. The Balaban J connectivity index is 1.88. The monoisotopic (exact) mass is 240 g/mol. The molecule has 3 heteroatoms. The number of aliphatic hydroxyl groups excluding tert-OH is 1. The predicted octanol–water partition coefficient (Wildman–Crippen LogP) is 1.45. The summed E-state index contributed by atoms with van der Waals surface area (Å²) in [5.41, 5.74) is 6.40. The summed E-state index contributed by atoms with van der Waals surface area (Å²) in [7, 11) is 0. The maximum absolute atomic E-state index is 9.53. The highest BCUT2D eigenvalue weighted by Gasteiger charge is 2.44. The average molecular weight is 240 g/mol. The zero-order valence-electron chi connectivity index (χ0n) is 11.6. The van der Waals surface area contributed by atoms with Crippen molar-refractivity contribution in [3.05, 3.63) is 0 Å². The van der Waals surface area contributed by atoms with Crippen molar-refractivity contribution in [1.29, 1.82) is 0 Å². The van der Waals surface area contributed by atoms with Crippen molar-refractivity contribution < 1.29 is 5.11 Å². The molecule has 100 valence electrons. The number of hydrogen-bond acceptors (Lipinski definition) is 3. The van der Waals surface area contributed by atoms with Crippen LogP contribution in [0.15, 0.2) is 0 Å². The molecule has 0 aromatic carbocycles. The molecular weight excluding hydrogens is 212 g/mol. The fourth-order valence-corrected chi connectivity index (χ4v) is 3.07. The van der Waals surface area contributed by atoms with Crippen LogP contribution in [0.1, 0.15) is 40.0 Å². The maximum atomic E-state index is 9.53. The first kappa shape index (κ1) is 13.3. The minimum atomic E-state index is -0.341. The number of rotatable bonds is 4. The summed E-state index contributed by atoms with van der Waals surface area (Å²) in [5, 5.41) is 9.53. The highest BCUT2D eigenvalue weighted by atomic mass is 16.3. The van der Waals surface area contributed by atoms with Gasteiger partial charge in [-0.05, 0) is 43.1 Å². The Bertz CT molecular complexity index is 270. The van der Waals surface area contributed by atoms with E-state index < -0.39 is 0 Å². The molecule has 1 saturated carbocycles. The lowest BCUT2D eigenvalue weighted by atomic mass is 9.80. The Morgan fingerprint density at radius 1 is 1.18 bits per heavy atom. The molecule has 1 saturated heterocycles. The molecule has 1 aliphatic carbocycles. The van der Waals surface area contributed by atoms with E-state index in [1.165, 1.54) is 19.3 Å². The van der Waals surface area contributed by atoms with Crippen LogP contribution in [0.5, 0.6) is 0 Å². The summed E-state index contributed by atoms with van der Waals surface area (Å²) in [6, 6.07) is 0. The SMILES string of the molecule is CC(C)(C)C1CCN(CC(N)(CO)C2CC2)C1. The van der Waals surface area contributed by atoms with Crippen LogP contribution in [0.4, 0.5) is 0 Å². The zero-order chi connectivity index (χ0) is 12.7. The van der Waals surface area contributed by atoms with Gasteiger partial charge in [0.1, 0.15) is 0 Å². The lowest BCUT2D eigenvalue weighted by Crippen LogP contribution is -2.54. The van der Waals surface area contributed by atoms with Gasteiger partial charge in [-0.2, -0.15) is 0 Å². The third-order valence-electron chi connectivity index (χ3n) is 4.70. The van der Waals surface area contributed by atoms with E-state index in [1.54, 1.807) is 0 Å². The molecule has 0 radical (unpaired) electrons. The van der Waals surface area contributed by atoms with Gasteiger partial charge < -0.3 is 15.7 Å². The third-order valence-corrected chi connectivity index (χ3v) is 4.70. The molecule has 1 heterocycles. The van der Waals surface area contributed by atoms with E-state index in [-0.39, 0.29) is 12.1 Å². The summed E-state index contributed by atoms with van der Waals surface area (Å²) in [6.45, 7) is 10.3. The second kappa shape index (κ2) is 4.52. The Morgan fingerprint density at radius 2 is 1.82 bits per heavy atom. The quantitative estimate of drug-likeness (QED) is 0.782. The van der Waals surface area contributed by atoms with E-state index in [0.29, 0.717) is 11.3 Å². The number of nitrogens with two attached hydrogens (primary N) is 1. The summed E-state index contributed by atoms with van der Waals surface area (Å²) in [4.78, 5) is 2.46. The van der Waals surface area contributed by atoms with Gasteiger partial charge in [0.2, 0.25) is 0 Å². The Hall–Kier alpha value is -0.120. The van der Waals surface area contributed by atoms with E-state index in [2.05, 4.69) is 25.7 Å². The maximum Gasteiger partial charge on any atom is 0.0626 e. The molecule has 0 aromatic heterocycles. The van der Waals surface area contributed by atoms with Crippen LogP contribution in [-0.2, 0) is 0 Å². The van der Waals surface area contributed by atoms with Crippen LogP contribution in [0.25, 0.3) is 0 Å². The fraction of sp³-hybridized carbons (Fsp3) is 1.00. The summed E-state index contributed by atoms with van der Waals surface area (Å²) < 4.78 is 0. The van der Waals surface area contributed by atoms with Crippen molar-refractivity contribution in [3.63, 3.8) is 0 Å². The Labute approximate surface area is 105 Å². The molecular formula is C14H28N2O. The lowest BCUT2D eigenvalue weighted by molar-refractivity contribution is 0.126. The van der Waals surface area contributed by atoms with E-state index in [9.17, 15) is 5.11 Å². The van der Waals surface area contributed by atoms with E-state index in [1.807, 2.05) is 0 Å². The van der Waals surface area contributed by atoms with Gasteiger partial charge in [0.05, 0.1) is 12.1 Å². The van der Waals surface area contributed by atoms with Crippen LogP contribution < -0.4 is 5.73 Å². The molecule has 2 aliphatic rings. The van der Waals surface area contributed by atoms with Crippen LogP contribution in [-0.4, -0.2) is 41.8 Å². The third kappa shape index (κ3) is 3.01. The largest absolute Gasteiger partial charge is 0.394 e. The summed E-state index contributed by atoms with van der Waals surface area (Å²) in [6.07, 6.45) is 3.68. The standard InChI is InChI=1S/C14H28N2O/c1-13(2,3)12-6-7-16(8-12)9-14(15,10-17)11-4-5-11/h11-12,17H,4-10,15H2,1-3H3. The average Bonchev–Trinajstić information content (AvgIpc) is 2.99. The molecule has 2 atom stereocenters. The number of hydrogen-bond donors (Lipinski definition) is 2. The first-order valence-corrected chi connectivity index (χ1v) is 6.97. The minimum Gasteiger partial charge on any atom is -0.394 e. The van der Waals surface area contributed by atoms with Crippen molar-refractivity contribution in [2.24, 2.45) is 23.0 Å². The van der Waals surface area contributed by atoms with Gasteiger partial charge in [-0.1, -0.05) is 20.8 Å². The molecule has 0 spiro atoms. The van der Waals surface area contributed by atoms with Gasteiger partial charge in [-0.25, -0.2) is 0 Å². The van der Waals surface area contributed by atoms with Gasteiger partial charge in [-0.3, -0.25) is 0 Å². The molecule has 2 fully saturated rings. The van der Waals surface area contributed by atoms with Gasteiger partial charge in [0.25, 0.3) is 0 Å². The van der Waals surface area contributed by atoms with Crippen molar-refractivity contribution in [2.75, 3.05) is 26.2 Å². The van der Waals surface area contributed by atoms with Crippen LogP contribution >= 0.6 is 0 Å². The van der Waals surface area contributed by atoms with Crippen molar-refractivity contribution in [2.45, 2.75) is 45.6 Å². The molecule has 0 aromatic rings.